The number of nitrogens with one attached hydrogen (secondary N) is 1. The van der Waals surface area contributed by atoms with Crippen molar-refractivity contribution in [1.29, 1.82) is 0 Å². The van der Waals surface area contributed by atoms with Gasteiger partial charge in [-0.25, -0.2) is 4.39 Å². The molecule has 0 unspecified atom stereocenters. The third-order valence-electron chi connectivity index (χ3n) is 3.73. The molecule has 21 heavy (non-hydrogen) atoms. The number of rotatable bonds is 4. The summed E-state index contributed by atoms with van der Waals surface area (Å²) >= 11 is 1.72. The number of likely N-dealkylation sites (tertiary alicyclic amines) is 1. The fourth-order valence-electron chi connectivity index (χ4n) is 2.76. The van der Waals surface area contributed by atoms with E-state index in [1.165, 1.54) is 10.9 Å². The number of amides is 1. The maximum absolute atomic E-state index is 13.5. The average Bonchev–Trinajstić information content (AvgIpc) is 3.11. The molecule has 5 heteroatoms. The molecule has 1 fully saturated rings. The van der Waals surface area contributed by atoms with Crippen LogP contribution < -0.4 is 5.32 Å². The topological polar surface area (TPSA) is 32.3 Å². The summed E-state index contributed by atoms with van der Waals surface area (Å²) in [5.74, 6) is -0.564. The molecule has 1 N–H and O–H groups in total. The lowest BCUT2D eigenvalue weighted by Gasteiger charge is -2.22. The first kappa shape index (κ1) is 14.2. The SMILES string of the molecule is O=C(CN1CCC[C@H]1c1cccs1)Nc1ccccc1F. The van der Waals surface area contributed by atoms with Crippen LogP contribution in [-0.2, 0) is 4.79 Å². The largest absolute Gasteiger partial charge is 0.322 e. The highest BCUT2D eigenvalue weighted by Gasteiger charge is 2.28. The second-order valence-electron chi connectivity index (χ2n) is 5.17. The van der Waals surface area contributed by atoms with Gasteiger partial charge in [-0.05, 0) is 43.0 Å². The van der Waals surface area contributed by atoms with E-state index in [1.54, 1.807) is 29.5 Å². The number of halogens is 1. The van der Waals surface area contributed by atoms with Crippen LogP contribution in [0.1, 0.15) is 23.8 Å². The minimum absolute atomic E-state index is 0.163. The number of carbonyl (C=O) groups is 1. The molecule has 1 atom stereocenters. The number of para-hydroxylation sites is 1. The summed E-state index contributed by atoms with van der Waals surface area (Å²) in [4.78, 5) is 15.6. The highest BCUT2D eigenvalue weighted by Crippen LogP contribution is 2.34. The van der Waals surface area contributed by atoms with Crippen molar-refractivity contribution in [2.75, 3.05) is 18.4 Å². The second kappa shape index (κ2) is 6.37. The fourth-order valence-corrected chi connectivity index (χ4v) is 3.65. The first-order valence-electron chi connectivity index (χ1n) is 7.06. The van der Waals surface area contributed by atoms with Gasteiger partial charge in [0.2, 0.25) is 5.91 Å². The zero-order valence-electron chi connectivity index (χ0n) is 11.6. The molecule has 0 spiro atoms. The lowest BCUT2D eigenvalue weighted by molar-refractivity contribution is -0.117. The Morgan fingerprint density at radius 2 is 2.19 bits per heavy atom. The maximum atomic E-state index is 13.5. The standard InChI is InChI=1S/C16H17FN2OS/c17-12-5-1-2-6-13(12)18-16(20)11-19-9-3-7-14(19)15-8-4-10-21-15/h1-2,4-6,8,10,14H,3,7,9,11H2,(H,18,20)/t14-/m0/s1. The third kappa shape index (κ3) is 3.31. The summed E-state index contributed by atoms with van der Waals surface area (Å²) in [7, 11) is 0. The quantitative estimate of drug-likeness (QED) is 0.935. The van der Waals surface area contributed by atoms with Crippen LogP contribution in [0.2, 0.25) is 0 Å². The number of carbonyl (C=O) groups excluding carboxylic acids is 1. The number of hydrogen-bond donors (Lipinski definition) is 1. The molecule has 3 rings (SSSR count). The highest BCUT2D eigenvalue weighted by molar-refractivity contribution is 7.10. The molecule has 1 aromatic heterocycles. The van der Waals surface area contributed by atoms with Crippen LogP contribution in [0.25, 0.3) is 0 Å². The van der Waals surface area contributed by atoms with Crippen LogP contribution in [0.15, 0.2) is 41.8 Å². The van der Waals surface area contributed by atoms with Gasteiger partial charge in [0.1, 0.15) is 5.82 Å². The van der Waals surface area contributed by atoms with Crippen LogP contribution >= 0.6 is 11.3 Å². The van der Waals surface area contributed by atoms with Gasteiger partial charge < -0.3 is 5.32 Å². The van der Waals surface area contributed by atoms with Gasteiger partial charge in [-0.2, -0.15) is 0 Å². The summed E-state index contributed by atoms with van der Waals surface area (Å²) in [6, 6.07) is 10.7. The molecule has 0 radical (unpaired) electrons. The Kier molecular flexibility index (Phi) is 4.31. The normalized spacial score (nSPS) is 18.8. The number of thiophene rings is 1. The predicted octanol–water partition coefficient (Wildman–Crippen LogP) is 3.66. The number of benzene rings is 1. The van der Waals surface area contributed by atoms with Crippen LogP contribution in [0.4, 0.5) is 10.1 Å². The molecule has 0 saturated carbocycles. The van der Waals surface area contributed by atoms with E-state index in [0.717, 1.165) is 19.4 Å². The molecule has 1 aliphatic heterocycles. The van der Waals surface area contributed by atoms with Crippen molar-refractivity contribution in [3.63, 3.8) is 0 Å². The molecular formula is C16H17FN2OS. The van der Waals surface area contributed by atoms with Crippen LogP contribution in [-0.4, -0.2) is 23.9 Å². The molecule has 0 bridgehead atoms. The van der Waals surface area contributed by atoms with Gasteiger partial charge in [-0.15, -0.1) is 11.3 Å². The van der Waals surface area contributed by atoms with Crippen LogP contribution in [0.3, 0.4) is 0 Å². The summed E-state index contributed by atoms with van der Waals surface area (Å²) < 4.78 is 13.5. The Morgan fingerprint density at radius 3 is 2.95 bits per heavy atom. The minimum Gasteiger partial charge on any atom is -0.322 e. The first-order valence-corrected chi connectivity index (χ1v) is 7.94. The van der Waals surface area contributed by atoms with E-state index in [2.05, 4.69) is 21.7 Å². The van der Waals surface area contributed by atoms with Gasteiger partial charge >= 0.3 is 0 Å². The Balaban J connectivity index is 1.63. The van der Waals surface area contributed by atoms with E-state index >= 15 is 0 Å². The van der Waals surface area contributed by atoms with Gasteiger partial charge in [0.25, 0.3) is 0 Å². The number of nitrogens with zero attached hydrogens (tertiary/aromatic N) is 1. The highest BCUT2D eigenvalue weighted by atomic mass is 32.1. The van der Waals surface area contributed by atoms with E-state index in [0.29, 0.717) is 12.6 Å². The van der Waals surface area contributed by atoms with Crippen molar-refractivity contribution in [1.82, 2.24) is 4.90 Å². The average molecular weight is 304 g/mol. The molecule has 2 heterocycles. The lowest BCUT2D eigenvalue weighted by Crippen LogP contribution is -2.32. The fraction of sp³-hybridized carbons (Fsp3) is 0.312. The molecule has 3 nitrogen and oxygen atoms in total. The molecule has 1 aromatic carbocycles. The van der Waals surface area contributed by atoms with Crippen molar-refractivity contribution >= 4 is 22.9 Å². The molecule has 2 aromatic rings. The van der Waals surface area contributed by atoms with Crippen LogP contribution in [0.5, 0.6) is 0 Å². The molecule has 1 amide bonds. The van der Waals surface area contributed by atoms with Crippen molar-refractivity contribution < 1.29 is 9.18 Å². The van der Waals surface area contributed by atoms with Crippen LogP contribution in [0, 0.1) is 5.82 Å². The van der Waals surface area contributed by atoms with Crippen molar-refractivity contribution in [2.24, 2.45) is 0 Å². The van der Waals surface area contributed by atoms with Crippen molar-refractivity contribution in [3.8, 4) is 0 Å². The molecular weight excluding hydrogens is 287 g/mol. The summed E-state index contributed by atoms with van der Waals surface area (Å²) in [5.41, 5.74) is 0.245. The van der Waals surface area contributed by atoms with Gasteiger partial charge in [-0.1, -0.05) is 18.2 Å². The zero-order chi connectivity index (χ0) is 14.7. The Labute approximate surface area is 127 Å². The predicted molar refractivity (Wildman–Crippen MR) is 82.9 cm³/mol. The summed E-state index contributed by atoms with van der Waals surface area (Å²) in [6.07, 6.45) is 2.17. The summed E-state index contributed by atoms with van der Waals surface area (Å²) in [5, 5.41) is 4.71. The molecule has 110 valence electrons. The smallest absolute Gasteiger partial charge is 0.238 e. The molecule has 1 saturated heterocycles. The van der Waals surface area contributed by atoms with Gasteiger partial charge in [-0.3, -0.25) is 9.69 Å². The summed E-state index contributed by atoms with van der Waals surface area (Å²) in [6.45, 7) is 1.21. The van der Waals surface area contributed by atoms with Gasteiger partial charge in [0.05, 0.1) is 12.2 Å². The number of hydrogen-bond acceptors (Lipinski definition) is 3. The van der Waals surface area contributed by atoms with E-state index < -0.39 is 5.82 Å². The second-order valence-corrected chi connectivity index (χ2v) is 6.15. The van der Waals surface area contributed by atoms with E-state index in [1.807, 2.05) is 6.07 Å². The molecule has 0 aliphatic carbocycles. The number of anilines is 1. The van der Waals surface area contributed by atoms with Gasteiger partial charge in [0, 0.05) is 10.9 Å². The lowest BCUT2D eigenvalue weighted by atomic mass is 10.2. The van der Waals surface area contributed by atoms with E-state index in [9.17, 15) is 9.18 Å². The maximum Gasteiger partial charge on any atom is 0.238 e. The van der Waals surface area contributed by atoms with Crippen molar-refractivity contribution in [3.05, 3.63) is 52.5 Å². The minimum atomic E-state index is -0.401. The first-order chi connectivity index (χ1) is 10.2. The van der Waals surface area contributed by atoms with Gasteiger partial charge in [0.15, 0.2) is 0 Å². The van der Waals surface area contributed by atoms with Crippen molar-refractivity contribution in [2.45, 2.75) is 18.9 Å². The third-order valence-corrected chi connectivity index (χ3v) is 4.70. The monoisotopic (exact) mass is 304 g/mol. The van der Waals surface area contributed by atoms with E-state index in [-0.39, 0.29) is 11.6 Å². The van der Waals surface area contributed by atoms with E-state index in [4.69, 9.17) is 0 Å². The zero-order valence-corrected chi connectivity index (χ0v) is 12.4. The Morgan fingerprint density at radius 1 is 1.33 bits per heavy atom. The Hall–Kier alpha value is -1.72. The Bertz CT molecular complexity index is 614. The molecule has 1 aliphatic rings.